The van der Waals surface area contributed by atoms with E-state index in [2.05, 4.69) is 24.1 Å². The molecule has 0 aromatic rings. The molecular weight excluding hydrogens is 184 g/mol. The van der Waals surface area contributed by atoms with Crippen molar-refractivity contribution in [3.8, 4) is 0 Å². The number of piperidine rings is 1. The van der Waals surface area contributed by atoms with Gasteiger partial charge in [-0.05, 0) is 51.7 Å². The molecule has 0 radical (unpaired) electrons. The van der Waals surface area contributed by atoms with Crippen molar-refractivity contribution in [1.29, 1.82) is 0 Å². The zero-order valence-electron chi connectivity index (χ0n) is 10.3. The molecule has 1 aliphatic carbocycles. The minimum Gasteiger partial charge on any atom is -0.314 e. The van der Waals surface area contributed by atoms with Crippen LogP contribution in [-0.4, -0.2) is 36.6 Å². The van der Waals surface area contributed by atoms with Crippen LogP contribution in [0.4, 0.5) is 0 Å². The van der Waals surface area contributed by atoms with Gasteiger partial charge < -0.3 is 10.2 Å². The van der Waals surface area contributed by atoms with Gasteiger partial charge in [-0.25, -0.2) is 0 Å². The van der Waals surface area contributed by atoms with Crippen molar-refractivity contribution in [2.75, 3.05) is 19.6 Å². The van der Waals surface area contributed by atoms with E-state index in [1.54, 1.807) is 0 Å². The molecule has 15 heavy (non-hydrogen) atoms. The van der Waals surface area contributed by atoms with Gasteiger partial charge in [-0.1, -0.05) is 19.8 Å². The molecule has 2 aliphatic rings. The summed E-state index contributed by atoms with van der Waals surface area (Å²) in [7, 11) is 0. The molecule has 2 nitrogen and oxygen atoms in total. The molecule has 88 valence electrons. The first-order valence-corrected chi connectivity index (χ1v) is 6.77. The van der Waals surface area contributed by atoms with Crippen LogP contribution in [0.1, 0.15) is 46.0 Å². The van der Waals surface area contributed by atoms with Crippen LogP contribution < -0.4 is 5.32 Å². The topological polar surface area (TPSA) is 15.3 Å². The third-order valence-electron chi connectivity index (χ3n) is 4.02. The van der Waals surface area contributed by atoms with Gasteiger partial charge >= 0.3 is 0 Å². The van der Waals surface area contributed by atoms with Crippen molar-refractivity contribution in [3.05, 3.63) is 0 Å². The molecule has 1 atom stereocenters. The predicted octanol–water partition coefficient (Wildman–Crippen LogP) is 2.25. The maximum atomic E-state index is 3.57. The Balaban J connectivity index is 1.67. The molecule has 2 rings (SSSR count). The standard InChI is InChI=1S/C13H26N2/c1-3-14-13-6-8-15(9-7-13)11(2)10-12-4-5-12/h11-14H,3-10H2,1-2H3. The molecule has 1 heterocycles. The molecule has 2 heteroatoms. The van der Waals surface area contributed by atoms with E-state index in [-0.39, 0.29) is 0 Å². The molecule has 0 spiro atoms. The Morgan fingerprint density at radius 1 is 1.20 bits per heavy atom. The maximum Gasteiger partial charge on any atom is 0.00912 e. The number of nitrogens with zero attached hydrogens (tertiary/aromatic N) is 1. The van der Waals surface area contributed by atoms with Crippen molar-refractivity contribution >= 4 is 0 Å². The lowest BCUT2D eigenvalue weighted by Gasteiger charge is -2.36. The molecule has 2 fully saturated rings. The summed E-state index contributed by atoms with van der Waals surface area (Å²) in [5, 5.41) is 3.57. The van der Waals surface area contributed by atoms with Crippen molar-refractivity contribution in [3.63, 3.8) is 0 Å². The highest BCUT2D eigenvalue weighted by Crippen LogP contribution is 2.34. The normalized spacial score (nSPS) is 26.8. The van der Waals surface area contributed by atoms with E-state index >= 15 is 0 Å². The summed E-state index contributed by atoms with van der Waals surface area (Å²) in [4.78, 5) is 2.70. The first-order valence-electron chi connectivity index (χ1n) is 6.77. The van der Waals surface area contributed by atoms with Crippen molar-refractivity contribution < 1.29 is 0 Å². The van der Waals surface area contributed by atoms with Crippen LogP contribution in [-0.2, 0) is 0 Å². The highest BCUT2D eigenvalue weighted by atomic mass is 15.2. The van der Waals surface area contributed by atoms with E-state index in [1.807, 2.05) is 0 Å². The lowest BCUT2D eigenvalue weighted by Crippen LogP contribution is -2.45. The van der Waals surface area contributed by atoms with Crippen LogP contribution in [0.5, 0.6) is 0 Å². The van der Waals surface area contributed by atoms with Gasteiger partial charge in [-0.2, -0.15) is 0 Å². The van der Waals surface area contributed by atoms with E-state index in [1.165, 1.54) is 45.2 Å². The van der Waals surface area contributed by atoms with Gasteiger partial charge in [0.05, 0.1) is 0 Å². The first-order chi connectivity index (χ1) is 7.29. The second-order valence-electron chi connectivity index (χ2n) is 5.40. The third-order valence-corrected chi connectivity index (χ3v) is 4.02. The Morgan fingerprint density at radius 3 is 2.40 bits per heavy atom. The number of hydrogen-bond donors (Lipinski definition) is 1. The van der Waals surface area contributed by atoms with Crippen LogP contribution in [0.3, 0.4) is 0 Å². The SMILES string of the molecule is CCNC1CCN(C(C)CC2CC2)CC1. The van der Waals surface area contributed by atoms with Gasteiger partial charge in [0.1, 0.15) is 0 Å². The summed E-state index contributed by atoms with van der Waals surface area (Å²) in [5.74, 6) is 1.08. The summed E-state index contributed by atoms with van der Waals surface area (Å²) in [6.45, 7) is 8.38. The van der Waals surface area contributed by atoms with E-state index < -0.39 is 0 Å². The number of nitrogens with one attached hydrogen (secondary N) is 1. The Kier molecular flexibility index (Phi) is 4.04. The van der Waals surface area contributed by atoms with Gasteiger partial charge in [0, 0.05) is 12.1 Å². The van der Waals surface area contributed by atoms with Crippen molar-refractivity contribution in [2.24, 2.45) is 5.92 Å². The molecule has 1 saturated carbocycles. The van der Waals surface area contributed by atoms with Crippen molar-refractivity contribution in [1.82, 2.24) is 10.2 Å². The summed E-state index contributed by atoms with van der Waals surface area (Å²) in [6, 6.07) is 1.62. The highest BCUT2D eigenvalue weighted by molar-refractivity contribution is 4.83. The van der Waals surface area contributed by atoms with Crippen LogP contribution in [0.25, 0.3) is 0 Å². The summed E-state index contributed by atoms with van der Waals surface area (Å²) >= 11 is 0. The van der Waals surface area contributed by atoms with E-state index in [0.717, 1.165) is 24.5 Å². The van der Waals surface area contributed by atoms with Gasteiger partial charge in [0.2, 0.25) is 0 Å². The monoisotopic (exact) mass is 210 g/mol. The fourth-order valence-corrected chi connectivity index (χ4v) is 2.82. The minimum atomic E-state index is 0.791. The number of rotatable bonds is 5. The largest absolute Gasteiger partial charge is 0.314 e. The Bertz CT molecular complexity index is 181. The zero-order chi connectivity index (χ0) is 10.7. The first kappa shape index (κ1) is 11.4. The lowest BCUT2D eigenvalue weighted by atomic mass is 10.0. The van der Waals surface area contributed by atoms with Crippen molar-refractivity contribution in [2.45, 2.75) is 58.0 Å². The molecule has 0 aromatic carbocycles. The predicted molar refractivity (Wildman–Crippen MR) is 65.1 cm³/mol. The van der Waals surface area contributed by atoms with Gasteiger partial charge in [-0.3, -0.25) is 0 Å². The number of hydrogen-bond acceptors (Lipinski definition) is 2. The summed E-state index contributed by atoms with van der Waals surface area (Å²) < 4.78 is 0. The molecular formula is C13H26N2. The van der Waals surface area contributed by atoms with E-state index in [4.69, 9.17) is 0 Å². The quantitative estimate of drug-likeness (QED) is 0.749. The van der Waals surface area contributed by atoms with Gasteiger partial charge in [0.25, 0.3) is 0 Å². The van der Waals surface area contributed by atoms with Crippen LogP contribution in [0, 0.1) is 5.92 Å². The second kappa shape index (κ2) is 5.31. The average molecular weight is 210 g/mol. The van der Waals surface area contributed by atoms with Gasteiger partial charge in [0.15, 0.2) is 0 Å². The van der Waals surface area contributed by atoms with Gasteiger partial charge in [-0.15, -0.1) is 0 Å². The molecule has 0 aromatic heterocycles. The van der Waals surface area contributed by atoms with Crippen LogP contribution in [0.15, 0.2) is 0 Å². The highest BCUT2D eigenvalue weighted by Gasteiger charge is 2.28. The molecule has 0 amide bonds. The Morgan fingerprint density at radius 2 is 1.87 bits per heavy atom. The van der Waals surface area contributed by atoms with Crippen LogP contribution in [0.2, 0.25) is 0 Å². The maximum absolute atomic E-state index is 3.57. The molecule has 0 bridgehead atoms. The summed E-state index contributed by atoms with van der Waals surface area (Å²) in [5.41, 5.74) is 0. The third kappa shape index (κ3) is 3.46. The zero-order valence-corrected chi connectivity index (χ0v) is 10.3. The lowest BCUT2D eigenvalue weighted by molar-refractivity contribution is 0.143. The van der Waals surface area contributed by atoms with E-state index in [9.17, 15) is 0 Å². The Hall–Kier alpha value is -0.0800. The molecule has 1 saturated heterocycles. The second-order valence-corrected chi connectivity index (χ2v) is 5.40. The summed E-state index contributed by atoms with van der Waals surface area (Å²) in [6.07, 6.45) is 7.15. The average Bonchev–Trinajstić information content (AvgIpc) is 3.03. The smallest absolute Gasteiger partial charge is 0.00912 e. The minimum absolute atomic E-state index is 0.791. The fourth-order valence-electron chi connectivity index (χ4n) is 2.82. The van der Waals surface area contributed by atoms with E-state index in [0.29, 0.717) is 0 Å². The molecule has 1 N–H and O–H groups in total. The van der Waals surface area contributed by atoms with Crippen LogP contribution >= 0.6 is 0 Å². The number of likely N-dealkylation sites (tertiary alicyclic amines) is 1. The Labute approximate surface area is 94.4 Å². The molecule has 1 aliphatic heterocycles. The molecule has 1 unspecified atom stereocenters. The fraction of sp³-hybridized carbons (Fsp3) is 1.00.